The first-order chi connectivity index (χ1) is 11.9. The Morgan fingerprint density at radius 2 is 2.00 bits per heavy atom. The molecule has 0 atom stereocenters. The quantitative estimate of drug-likeness (QED) is 0.787. The summed E-state index contributed by atoms with van der Waals surface area (Å²) in [6.07, 6.45) is 0. The first kappa shape index (κ1) is 17.6. The topological polar surface area (TPSA) is 56.8 Å². The summed E-state index contributed by atoms with van der Waals surface area (Å²) in [7, 11) is 0. The van der Waals surface area contributed by atoms with E-state index in [1.165, 1.54) is 0 Å². The van der Waals surface area contributed by atoms with E-state index in [4.69, 9.17) is 14.2 Å². The molecule has 0 bridgehead atoms. The lowest BCUT2D eigenvalue weighted by molar-refractivity contribution is -0.118. The SMILES string of the molecule is Cc1cc(OCC(=O)Nc2ccc3c(c2)OCO3)c(C(C)C)cc1Br. The number of halogens is 1. The number of benzene rings is 2. The standard InChI is InChI=1S/C19H20BrNO4/c1-11(2)14-8-15(20)12(3)6-17(14)23-9-19(22)21-13-4-5-16-18(7-13)25-10-24-16/h4-8,11H,9-10H2,1-3H3,(H,21,22). The van der Waals surface area contributed by atoms with Crippen LogP contribution in [0.25, 0.3) is 0 Å². The predicted octanol–water partition coefficient (Wildman–Crippen LogP) is 4.63. The van der Waals surface area contributed by atoms with Gasteiger partial charge in [0.1, 0.15) is 5.75 Å². The molecule has 0 aromatic heterocycles. The minimum Gasteiger partial charge on any atom is -0.483 e. The molecule has 3 rings (SSSR count). The van der Waals surface area contributed by atoms with Gasteiger partial charge in [-0.15, -0.1) is 0 Å². The molecule has 1 aliphatic heterocycles. The molecule has 1 amide bonds. The molecule has 1 heterocycles. The van der Waals surface area contributed by atoms with Crippen molar-refractivity contribution in [1.82, 2.24) is 0 Å². The largest absolute Gasteiger partial charge is 0.483 e. The van der Waals surface area contributed by atoms with Crippen LogP contribution in [-0.4, -0.2) is 19.3 Å². The first-order valence-corrected chi connectivity index (χ1v) is 8.85. The summed E-state index contributed by atoms with van der Waals surface area (Å²) in [6, 6.07) is 9.28. The summed E-state index contributed by atoms with van der Waals surface area (Å²) in [6.45, 7) is 6.33. The van der Waals surface area contributed by atoms with E-state index in [2.05, 4.69) is 35.1 Å². The van der Waals surface area contributed by atoms with Gasteiger partial charge in [0.25, 0.3) is 5.91 Å². The van der Waals surface area contributed by atoms with Crippen molar-refractivity contribution in [2.45, 2.75) is 26.7 Å². The summed E-state index contributed by atoms with van der Waals surface area (Å²) < 4.78 is 17.4. The third-order valence-corrected chi connectivity index (χ3v) is 4.78. The fourth-order valence-corrected chi connectivity index (χ4v) is 2.92. The van der Waals surface area contributed by atoms with Crippen LogP contribution in [0, 0.1) is 6.92 Å². The zero-order valence-electron chi connectivity index (χ0n) is 14.4. The van der Waals surface area contributed by atoms with Crippen LogP contribution in [0.4, 0.5) is 5.69 Å². The molecule has 132 valence electrons. The summed E-state index contributed by atoms with van der Waals surface area (Å²) in [5.41, 5.74) is 2.78. The molecule has 0 saturated carbocycles. The van der Waals surface area contributed by atoms with Crippen molar-refractivity contribution in [1.29, 1.82) is 0 Å². The average molecular weight is 406 g/mol. The van der Waals surface area contributed by atoms with Gasteiger partial charge >= 0.3 is 0 Å². The second-order valence-corrected chi connectivity index (χ2v) is 7.05. The molecule has 1 N–H and O–H groups in total. The van der Waals surface area contributed by atoms with Gasteiger partial charge in [0.15, 0.2) is 18.1 Å². The lowest BCUT2D eigenvalue weighted by atomic mass is 10.0. The summed E-state index contributed by atoms with van der Waals surface area (Å²) >= 11 is 3.54. The van der Waals surface area contributed by atoms with Crippen LogP contribution in [0.1, 0.15) is 30.9 Å². The van der Waals surface area contributed by atoms with Crippen molar-refractivity contribution in [2.75, 3.05) is 18.7 Å². The Morgan fingerprint density at radius 3 is 2.76 bits per heavy atom. The van der Waals surface area contributed by atoms with Gasteiger partial charge in [0.05, 0.1) is 0 Å². The van der Waals surface area contributed by atoms with E-state index < -0.39 is 0 Å². The van der Waals surface area contributed by atoms with Gasteiger partial charge < -0.3 is 19.5 Å². The van der Waals surface area contributed by atoms with E-state index >= 15 is 0 Å². The number of rotatable bonds is 5. The lowest BCUT2D eigenvalue weighted by Gasteiger charge is -2.16. The minimum atomic E-state index is -0.228. The molecule has 0 unspecified atom stereocenters. The summed E-state index contributed by atoms with van der Waals surface area (Å²) in [4.78, 5) is 12.2. The number of fused-ring (bicyclic) bond motifs is 1. The number of hydrogen-bond donors (Lipinski definition) is 1. The Kier molecular flexibility index (Phi) is 5.18. The van der Waals surface area contributed by atoms with Crippen molar-refractivity contribution in [2.24, 2.45) is 0 Å². The number of amides is 1. The van der Waals surface area contributed by atoms with E-state index in [1.807, 2.05) is 19.1 Å². The van der Waals surface area contributed by atoms with Crippen molar-refractivity contribution >= 4 is 27.5 Å². The van der Waals surface area contributed by atoms with Gasteiger partial charge in [-0.3, -0.25) is 4.79 Å². The molecule has 0 aliphatic carbocycles. The van der Waals surface area contributed by atoms with Gasteiger partial charge in [-0.2, -0.15) is 0 Å². The fourth-order valence-electron chi connectivity index (χ4n) is 2.56. The Balaban J connectivity index is 1.65. The van der Waals surface area contributed by atoms with E-state index in [0.29, 0.717) is 23.1 Å². The van der Waals surface area contributed by atoms with Crippen LogP contribution in [0.2, 0.25) is 0 Å². The van der Waals surface area contributed by atoms with Crippen molar-refractivity contribution < 1.29 is 19.0 Å². The van der Waals surface area contributed by atoms with Crippen molar-refractivity contribution in [3.05, 3.63) is 45.9 Å². The summed E-state index contributed by atoms with van der Waals surface area (Å²) in [5.74, 6) is 2.11. The van der Waals surface area contributed by atoms with Gasteiger partial charge in [0, 0.05) is 16.2 Å². The maximum absolute atomic E-state index is 12.2. The number of nitrogens with one attached hydrogen (secondary N) is 1. The van der Waals surface area contributed by atoms with Crippen LogP contribution >= 0.6 is 15.9 Å². The summed E-state index contributed by atoms with van der Waals surface area (Å²) in [5, 5.41) is 2.81. The van der Waals surface area contributed by atoms with Crippen molar-refractivity contribution in [3.8, 4) is 17.2 Å². The van der Waals surface area contributed by atoms with Gasteiger partial charge in [0.2, 0.25) is 6.79 Å². The number of aryl methyl sites for hydroxylation is 1. The van der Waals surface area contributed by atoms with E-state index in [-0.39, 0.29) is 19.3 Å². The first-order valence-electron chi connectivity index (χ1n) is 8.06. The molecular formula is C19H20BrNO4. The number of anilines is 1. The molecule has 0 saturated heterocycles. The predicted molar refractivity (Wildman–Crippen MR) is 99.7 cm³/mol. The van der Waals surface area contributed by atoms with Crippen LogP contribution in [-0.2, 0) is 4.79 Å². The smallest absolute Gasteiger partial charge is 0.262 e. The average Bonchev–Trinajstić information content (AvgIpc) is 3.03. The number of carbonyl (C=O) groups excluding carboxylic acids is 1. The molecule has 25 heavy (non-hydrogen) atoms. The molecule has 1 aliphatic rings. The van der Waals surface area contributed by atoms with E-state index in [1.54, 1.807) is 18.2 Å². The maximum atomic E-state index is 12.2. The normalized spacial score (nSPS) is 12.4. The molecule has 6 heteroatoms. The number of carbonyl (C=O) groups is 1. The molecule has 0 fully saturated rings. The Labute approximate surface area is 155 Å². The van der Waals surface area contributed by atoms with Crippen LogP contribution in [0.3, 0.4) is 0 Å². The highest BCUT2D eigenvalue weighted by Gasteiger charge is 2.15. The highest BCUT2D eigenvalue weighted by atomic mass is 79.9. The highest BCUT2D eigenvalue weighted by Crippen LogP contribution is 2.34. The van der Waals surface area contributed by atoms with Gasteiger partial charge in [-0.1, -0.05) is 29.8 Å². The maximum Gasteiger partial charge on any atom is 0.262 e. The van der Waals surface area contributed by atoms with E-state index in [0.717, 1.165) is 21.3 Å². The van der Waals surface area contributed by atoms with E-state index in [9.17, 15) is 4.79 Å². The fraction of sp³-hybridized carbons (Fsp3) is 0.316. The number of hydrogen-bond acceptors (Lipinski definition) is 4. The Bertz CT molecular complexity index is 804. The second kappa shape index (κ2) is 7.35. The molecule has 2 aromatic rings. The van der Waals surface area contributed by atoms with Crippen LogP contribution < -0.4 is 19.5 Å². The third-order valence-electron chi connectivity index (χ3n) is 3.93. The lowest BCUT2D eigenvalue weighted by Crippen LogP contribution is -2.20. The Morgan fingerprint density at radius 1 is 1.24 bits per heavy atom. The number of ether oxygens (including phenoxy) is 3. The molecule has 5 nitrogen and oxygen atoms in total. The monoisotopic (exact) mass is 405 g/mol. The van der Waals surface area contributed by atoms with Gasteiger partial charge in [-0.05, 0) is 48.2 Å². The zero-order valence-corrected chi connectivity index (χ0v) is 16.0. The second-order valence-electron chi connectivity index (χ2n) is 6.20. The van der Waals surface area contributed by atoms with Crippen LogP contribution in [0.15, 0.2) is 34.8 Å². The highest BCUT2D eigenvalue weighted by molar-refractivity contribution is 9.10. The third kappa shape index (κ3) is 4.07. The minimum absolute atomic E-state index is 0.0603. The molecule has 0 spiro atoms. The molecular weight excluding hydrogens is 386 g/mol. The molecule has 2 aromatic carbocycles. The van der Waals surface area contributed by atoms with Crippen LogP contribution in [0.5, 0.6) is 17.2 Å². The molecule has 0 radical (unpaired) electrons. The zero-order chi connectivity index (χ0) is 18.0. The van der Waals surface area contributed by atoms with Crippen molar-refractivity contribution in [3.63, 3.8) is 0 Å². The Hall–Kier alpha value is -2.21. The van der Waals surface area contributed by atoms with Gasteiger partial charge in [-0.25, -0.2) is 0 Å².